The number of aryl methyl sites for hydroxylation is 1. The van der Waals surface area contributed by atoms with Crippen LogP contribution in [-0.4, -0.2) is 68.0 Å². The number of piperazine rings is 1. The number of ether oxygens (including phenoxy) is 1. The number of rotatable bonds is 3. The highest BCUT2D eigenvalue weighted by Gasteiger charge is 2.31. The maximum absolute atomic E-state index is 11.5. The van der Waals surface area contributed by atoms with Gasteiger partial charge in [0, 0.05) is 56.2 Å². The van der Waals surface area contributed by atoms with Crippen molar-refractivity contribution in [2.45, 2.75) is 58.8 Å². The molecule has 1 unspecified atom stereocenters. The van der Waals surface area contributed by atoms with Crippen molar-refractivity contribution in [2.75, 3.05) is 26.2 Å². The summed E-state index contributed by atoms with van der Waals surface area (Å²) in [6, 6.07) is 9.80. The molecule has 0 saturated carbocycles. The molecule has 1 fully saturated rings. The molecule has 0 radical (unpaired) electrons. The van der Waals surface area contributed by atoms with Crippen molar-refractivity contribution >= 4 is 29.3 Å². The zero-order valence-corrected chi connectivity index (χ0v) is 24.1. The number of fused-ring (bicyclic) bond motifs is 2. The molecule has 208 valence electrons. The van der Waals surface area contributed by atoms with Crippen LogP contribution in [0.5, 0.6) is 0 Å². The number of hydrogen-bond acceptors (Lipinski definition) is 6. The molecule has 2 aliphatic rings. The minimum atomic E-state index is -1.09. The van der Waals surface area contributed by atoms with Gasteiger partial charge in [0.15, 0.2) is 0 Å². The van der Waals surface area contributed by atoms with E-state index in [9.17, 15) is 9.90 Å². The molecule has 2 aromatic heterocycles. The molecule has 2 N–H and O–H groups in total. The van der Waals surface area contributed by atoms with Crippen molar-refractivity contribution in [2.24, 2.45) is 0 Å². The number of nitrogens with one attached hydrogen (secondary N) is 1. The smallest absolute Gasteiger partial charge is 0.410 e. The normalized spacial score (nSPS) is 16.5. The first-order valence-corrected chi connectivity index (χ1v) is 13.6. The molecule has 3 heterocycles. The Morgan fingerprint density at radius 2 is 1.87 bits per heavy atom. The predicted octanol–water partition coefficient (Wildman–Crippen LogP) is 4.96. The van der Waals surface area contributed by atoms with Crippen molar-refractivity contribution in [3.05, 3.63) is 82.2 Å². The molecule has 8 nitrogen and oxygen atoms in total. The van der Waals surface area contributed by atoms with Gasteiger partial charge in [0.2, 0.25) is 0 Å². The zero-order chi connectivity index (χ0) is 28.2. The number of nitrogens with zero attached hydrogens (tertiary/aromatic N) is 4. The molecule has 39 heavy (non-hydrogen) atoms. The fourth-order valence-electron chi connectivity index (χ4n) is 4.70. The van der Waals surface area contributed by atoms with Crippen LogP contribution in [0, 0.1) is 6.92 Å². The molecule has 5 rings (SSSR count). The van der Waals surface area contributed by atoms with Crippen LogP contribution in [0.4, 0.5) is 4.79 Å². The third kappa shape index (κ3) is 7.47. The van der Waals surface area contributed by atoms with E-state index in [1.807, 2.05) is 81.8 Å². The summed E-state index contributed by atoms with van der Waals surface area (Å²) in [6.45, 7) is 13.0. The summed E-state index contributed by atoms with van der Waals surface area (Å²) in [5, 5.41) is 15.3. The highest BCUT2D eigenvalue weighted by atomic mass is 35.5. The SMILES string of the molecule is CC(C)(C)OC(=O)N1CCNCC1.Cc1nccn1CC(C)(O)C1=Cc2cccnc2Cc2ccc(Cl)cc21. The average molecular weight is 552 g/mol. The minimum Gasteiger partial charge on any atom is -0.444 e. The van der Waals surface area contributed by atoms with E-state index in [1.165, 1.54) is 0 Å². The molecule has 1 aliphatic heterocycles. The fraction of sp³-hybridized carbons (Fsp3) is 0.433. The van der Waals surface area contributed by atoms with Crippen molar-refractivity contribution < 1.29 is 14.6 Å². The van der Waals surface area contributed by atoms with Gasteiger partial charge in [-0.15, -0.1) is 0 Å². The van der Waals surface area contributed by atoms with E-state index in [1.54, 1.807) is 17.3 Å². The number of imidazole rings is 1. The summed E-state index contributed by atoms with van der Waals surface area (Å²) >= 11 is 6.28. The third-order valence-corrected chi connectivity index (χ3v) is 6.93. The lowest BCUT2D eigenvalue weighted by Gasteiger charge is -2.30. The Hall–Kier alpha value is -3.20. The maximum Gasteiger partial charge on any atom is 0.410 e. The van der Waals surface area contributed by atoms with Gasteiger partial charge >= 0.3 is 6.09 Å². The standard InChI is InChI=1S/C21H20ClN3O.C9H18N2O2/c1-14-23-8-9-25(14)13-21(2,26)19-10-16-4-3-7-24-20(16)11-15-5-6-17(22)12-18(15)19;1-9(2,3)13-8(12)11-6-4-10-5-7-11/h3-10,12,26H,11,13H2,1-2H3;10H,4-7H2,1-3H3. The van der Waals surface area contributed by atoms with E-state index in [0.717, 1.165) is 60.0 Å². The second-order valence-electron chi connectivity index (χ2n) is 11.2. The van der Waals surface area contributed by atoms with Crippen LogP contribution in [0.2, 0.25) is 5.02 Å². The Morgan fingerprint density at radius 1 is 1.13 bits per heavy atom. The van der Waals surface area contributed by atoms with Gasteiger partial charge in [0.25, 0.3) is 0 Å². The van der Waals surface area contributed by atoms with Crippen LogP contribution in [0.25, 0.3) is 11.6 Å². The van der Waals surface area contributed by atoms with Crippen LogP contribution in [0.1, 0.15) is 55.9 Å². The van der Waals surface area contributed by atoms with Gasteiger partial charge in [-0.2, -0.15) is 0 Å². The quantitative estimate of drug-likeness (QED) is 0.478. The van der Waals surface area contributed by atoms with E-state index >= 15 is 0 Å². The van der Waals surface area contributed by atoms with Crippen LogP contribution < -0.4 is 5.32 Å². The molecule has 9 heteroatoms. The first kappa shape index (κ1) is 28.8. The topological polar surface area (TPSA) is 92.5 Å². The van der Waals surface area contributed by atoms with E-state index in [4.69, 9.17) is 16.3 Å². The summed E-state index contributed by atoms with van der Waals surface area (Å²) < 4.78 is 7.19. The first-order valence-electron chi connectivity index (χ1n) is 13.3. The molecule has 0 bridgehead atoms. The second-order valence-corrected chi connectivity index (χ2v) is 11.6. The van der Waals surface area contributed by atoms with Gasteiger partial charge in [-0.25, -0.2) is 9.78 Å². The third-order valence-electron chi connectivity index (χ3n) is 6.70. The number of aliphatic hydroxyl groups is 1. The van der Waals surface area contributed by atoms with Gasteiger partial charge in [-0.05, 0) is 81.2 Å². The number of carbonyl (C=O) groups is 1. The van der Waals surface area contributed by atoms with E-state index in [0.29, 0.717) is 18.0 Å². The molecule has 1 aromatic carbocycles. The molecular weight excluding hydrogens is 514 g/mol. The van der Waals surface area contributed by atoms with Crippen LogP contribution in [0.3, 0.4) is 0 Å². The molecule has 0 spiro atoms. The number of aromatic nitrogens is 3. The van der Waals surface area contributed by atoms with E-state index < -0.39 is 5.60 Å². The highest BCUT2D eigenvalue weighted by molar-refractivity contribution is 6.30. The van der Waals surface area contributed by atoms with Gasteiger partial charge in [0.05, 0.1) is 12.2 Å². The highest BCUT2D eigenvalue weighted by Crippen LogP contribution is 2.38. The van der Waals surface area contributed by atoms with E-state index in [-0.39, 0.29) is 11.7 Å². The van der Waals surface area contributed by atoms with E-state index in [2.05, 4.69) is 15.3 Å². The van der Waals surface area contributed by atoms with Crippen LogP contribution in [-0.2, 0) is 17.7 Å². The summed E-state index contributed by atoms with van der Waals surface area (Å²) in [5.41, 5.74) is 3.47. The molecule has 1 aliphatic carbocycles. The summed E-state index contributed by atoms with van der Waals surface area (Å²) in [4.78, 5) is 22.0. The van der Waals surface area contributed by atoms with Crippen LogP contribution >= 0.6 is 11.6 Å². The van der Waals surface area contributed by atoms with Crippen molar-refractivity contribution in [1.82, 2.24) is 24.8 Å². The largest absolute Gasteiger partial charge is 0.444 e. The number of pyridine rings is 1. The second kappa shape index (κ2) is 11.9. The molecule has 1 saturated heterocycles. The zero-order valence-electron chi connectivity index (χ0n) is 23.4. The summed E-state index contributed by atoms with van der Waals surface area (Å²) in [7, 11) is 0. The Morgan fingerprint density at radius 3 is 2.54 bits per heavy atom. The lowest BCUT2D eigenvalue weighted by molar-refractivity contribution is 0.0229. The lowest BCUT2D eigenvalue weighted by atomic mass is 9.86. The van der Waals surface area contributed by atoms with Crippen molar-refractivity contribution in [3.63, 3.8) is 0 Å². The summed E-state index contributed by atoms with van der Waals surface area (Å²) in [6.07, 6.45) is 7.99. The van der Waals surface area contributed by atoms with Crippen LogP contribution in [0.15, 0.2) is 48.9 Å². The molecule has 3 aromatic rings. The minimum absolute atomic E-state index is 0.200. The molecule has 1 atom stereocenters. The Balaban J connectivity index is 0.000000229. The number of halogens is 1. The molecule has 1 amide bonds. The lowest BCUT2D eigenvalue weighted by Crippen LogP contribution is -2.48. The Kier molecular flexibility index (Phi) is 8.79. The fourth-order valence-corrected chi connectivity index (χ4v) is 4.88. The Bertz CT molecular complexity index is 1340. The van der Waals surface area contributed by atoms with Gasteiger partial charge < -0.3 is 24.6 Å². The van der Waals surface area contributed by atoms with Crippen molar-refractivity contribution in [1.29, 1.82) is 0 Å². The monoisotopic (exact) mass is 551 g/mol. The van der Waals surface area contributed by atoms with Gasteiger partial charge in [0.1, 0.15) is 17.0 Å². The number of amides is 1. The van der Waals surface area contributed by atoms with Crippen molar-refractivity contribution in [3.8, 4) is 0 Å². The Labute approximate surface area is 235 Å². The average Bonchev–Trinajstić information content (AvgIpc) is 3.19. The summed E-state index contributed by atoms with van der Waals surface area (Å²) in [5.74, 6) is 0.868. The number of carbonyl (C=O) groups excluding carboxylic acids is 1. The number of hydrogen-bond donors (Lipinski definition) is 2. The predicted molar refractivity (Wildman–Crippen MR) is 155 cm³/mol. The number of benzene rings is 1. The first-order chi connectivity index (χ1) is 18.4. The van der Waals surface area contributed by atoms with Gasteiger partial charge in [-0.1, -0.05) is 23.7 Å². The molecular formula is C30H38ClN5O3. The van der Waals surface area contributed by atoms with Gasteiger partial charge in [-0.3, -0.25) is 4.98 Å². The maximum atomic E-state index is 11.5.